The second-order valence-corrected chi connectivity index (χ2v) is 6.97. The fourth-order valence-corrected chi connectivity index (χ4v) is 3.40. The fourth-order valence-electron chi connectivity index (χ4n) is 3.40. The molecule has 0 spiro atoms. The van der Waals surface area contributed by atoms with E-state index in [1.165, 1.54) is 25.3 Å². The van der Waals surface area contributed by atoms with Crippen molar-refractivity contribution in [3.05, 3.63) is 64.1 Å². The van der Waals surface area contributed by atoms with E-state index in [0.29, 0.717) is 13.2 Å². The maximum absolute atomic E-state index is 13.0. The Kier molecular flexibility index (Phi) is 4.65. The van der Waals surface area contributed by atoms with Crippen LogP contribution in [0.5, 0.6) is 5.75 Å². The maximum atomic E-state index is 13.0. The van der Waals surface area contributed by atoms with Gasteiger partial charge in [-0.2, -0.15) is 0 Å². The zero-order chi connectivity index (χ0) is 17.9. The normalized spacial score (nSPS) is 16.6. The van der Waals surface area contributed by atoms with Gasteiger partial charge in [-0.15, -0.1) is 0 Å². The van der Waals surface area contributed by atoms with Crippen molar-refractivity contribution >= 4 is 5.91 Å². The van der Waals surface area contributed by atoms with Gasteiger partial charge in [0.1, 0.15) is 13.3 Å². The van der Waals surface area contributed by atoms with Gasteiger partial charge in [-0.3, -0.25) is 14.3 Å². The first-order valence-electron chi connectivity index (χ1n) is 9.18. The average Bonchev–Trinajstić information content (AvgIpc) is 2.62. The topological polar surface area (TPSA) is 63.6 Å². The Labute approximate surface area is 152 Å². The summed E-state index contributed by atoms with van der Waals surface area (Å²) in [5.41, 5.74) is 4.13. The van der Waals surface area contributed by atoms with Crippen molar-refractivity contribution in [1.82, 2.24) is 9.58 Å². The number of hydrogen-bond acceptors (Lipinski definition) is 4. The van der Waals surface area contributed by atoms with Crippen molar-refractivity contribution in [2.24, 2.45) is 5.92 Å². The zero-order valence-electron chi connectivity index (χ0n) is 14.7. The Morgan fingerprint density at radius 2 is 1.92 bits per heavy atom. The van der Waals surface area contributed by atoms with Crippen LogP contribution in [0.25, 0.3) is 0 Å². The lowest BCUT2D eigenvalue weighted by Crippen LogP contribution is -2.47. The van der Waals surface area contributed by atoms with Crippen LogP contribution >= 0.6 is 0 Å². The number of benzene rings is 1. The van der Waals surface area contributed by atoms with E-state index in [9.17, 15) is 9.59 Å². The van der Waals surface area contributed by atoms with Gasteiger partial charge in [0.2, 0.25) is 5.43 Å². The van der Waals surface area contributed by atoms with E-state index in [1.807, 2.05) is 30.3 Å². The number of carbonyl (C=O) groups is 1. The first-order chi connectivity index (χ1) is 12.7. The third kappa shape index (κ3) is 3.31. The highest BCUT2D eigenvalue weighted by molar-refractivity contribution is 5.96. The van der Waals surface area contributed by atoms with Crippen LogP contribution in [0.1, 0.15) is 41.7 Å². The number of carbonyl (C=O) groups excluding carboxylic acids is 1. The van der Waals surface area contributed by atoms with E-state index in [-0.39, 0.29) is 29.4 Å². The first kappa shape index (κ1) is 16.7. The molecule has 2 aromatic rings. The van der Waals surface area contributed by atoms with Gasteiger partial charge >= 0.3 is 0 Å². The summed E-state index contributed by atoms with van der Waals surface area (Å²) >= 11 is 0. The molecule has 0 radical (unpaired) electrons. The number of hydrogen-bond donors (Lipinski definition) is 1. The fraction of sp³-hybridized carbons (Fsp3) is 0.400. The summed E-state index contributed by atoms with van der Waals surface area (Å²) in [6.07, 6.45) is 6.43. The molecule has 0 unspecified atom stereocenters. The Balaban J connectivity index is 1.54. The van der Waals surface area contributed by atoms with E-state index in [0.717, 1.165) is 17.9 Å². The molecular formula is C20H23N3O3. The molecule has 2 aliphatic rings. The second-order valence-electron chi connectivity index (χ2n) is 6.97. The number of pyridine rings is 1. The molecular weight excluding hydrogens is 330 g/mol. The van der Waals surface area contributed by atoms with E-state index < -0.39 is 0 Å². The van der Waals surface area contributed by atoms with Gasteiger partial charge in [0.25, 0.3) is 5.91 Å². The van der Waals surface area contributed by atoms with Crippen LogP contribution in [0.3, 0.4) is 0 Å². The van der Waals surface area contributed by atoms with Crippen LogP contribution in [0.15, 0.2) is 47.4 Å². The molecule has 0 bridgehead atoms. The van der Waals surface area contributed by atoms with Crippen LogP contribution in [-0.2, 0) is 6.61 Å². The van der Waals surface area contributed by atoms with Gasteiger partial charge < -0.3 is 15.1 Å². The molecule has 1 aliphatic heterocycles. The molecule has 1 aliphatic carbocycles. The summed E-state index contributed by atoms with van der Waals surface area (Å²) < 4.78 is 7.38. The third-order valence-electron chi connectivity index (χ3n) is 5.23. The molecule has 6 heteroatoms. The van der Waals surface area contributed by atoms with Crippen molar-refractivity contribution in [2.45, 2.75) is 32.3 Å². The second kappa shape index (κ2) is 7.23. The van der Waals surface area contributed by atoms with E-state index >= 15 is 0 Å². The molecule has 26 heavy (non-hydrogen) atoms. The number of nitrogens with one attached hydrogen (secondary N) is 1. The maximum Gasteiger partial charge on any atom is 0.277 e. The minimum Gasteiger partial charge on any atom is -0.482 e. The Morgan fingerprint density at radius 3 is 2.65 bits per heavy atom. The van der Waals surface area contributed by atoms with Crippen LogP contribution in [-0.4, -0.2) is 28.7 Å². The van der Waals surface area contributed by atoms with Gasteiger partial charge in [-0.1, -0.05) is 49.6 Å². The van der Waals surface area contributed by atoms with Gasteiger partial charge in [-0.05, 0) is 17.9 Å². The van der Waals surface area contributed by atoms with Crippen molar-refractivity contribution in [3.63, 3.8) is 0 Å². The van der Waals surface area contributed by atoms with Crippen LogP contribution in [0, 0.1) is 5.92 Å². The Hall–Kier alpha value is -2.76. The van der Waals surface area contributed by atoms with Crippen LogP contribution in [0.4, 0.5) is 0 Å². The Bertz CT molecular complexity index is 843. The number of aromatic nitrogens is 1. The molecule has 1 fully saturated rings. The van der Waals surface area contributed by atoms with Gasteiger partial charge in [0, 0.05) is 18.8 Å². The molecule has 4 rings (SSSR count). The number of amides is 1. The van der Waals surface area contributed by atoms with E-state index in [4.69, 9.17) is 4.74 Å². The summed E-state index contributed by atoms with van der Waals surface area (Å²) in [6.45, 7) is 1.40. The molecule has 0 atom stereocenters. The van der Waals surface area contributed by atoms with Crippen LogP contribution in [0.2, 0.25) is 0 Å². The average molecular weight is 353 g/mol. The molecule has 6 nitrogen and oxygen atoms in total. The Morgan fingerprint density at radius 1 is 1.12 bits per heavy atom. The lowest BCUT2D eigenvalue weighted by molar-refractivity contribution is 0.0700. The standard InChI is InChI=1S/C20H23N3O3/c24-17-10-12-23-18(19(17)26-13-16-5-2-1-3-6-16)20(25)22(14-21-23)11-9-15-7-4-8-15/h1-3,5-6,10,12,15,21H,4,7-9,11,13-14H2. The number of rotatable bonds is 6. The first-order valence-corrected chi connectivity index (χ1v) is 9.18. The minimum atomic E-state index is -0.275. The molecule has 1 saturated carbocycles. The molecule has 136 valence electrons. The van der Waals surface area contributed by atoms with Gasteiger partial charge in [-0.25, -0.2) is 0 Å². The summed E-state index contributed by atoms with van der Waals surface area (Å²) in [4.78, 5) is 27.1. The number of nitrogens with zero attached hydrogens (tertiary/aromatic N) is 2. The third-order valence-corrected chi connectivity index (χ3v) is 5.23. The minimum absolute atomic E-state index is 0.113. The van der Waals surface area contributed by atoms with Crippen molar-refractivity contribution in [1.29, 1.82) is 0 Å². The van der Waals surface area contributed by atoms with Gasteiger partial charge in [0.15, 0.2) is 11.4 Å². The molecule has 1 N–H and O–H groups in total. The molecule has 0 saturated heterocycles. The van der Waals surface area contributed by atoms with E-state index in [2.05, 4.69) is 5.43 Å². The van der Waals surface area contributed by atoms with E-state index in [1.54, 1.807) is 15.8 Å². The predicted octanol–water partition coefficient (Wildman–Crippen LogP) is 2.57. The predicted molar refractivity (Wildman–Crippen MR) is 98.7 cm³/mol. The summed E-state index contributed by atoms with van der Waals surface area (Å²) in [6, 6.07) is 11.0. The summed E-state index contributed by atoms with van der Waals surface area (Å²) in [5.74, 6) is 0.697. The van der Waals surface area contributed by atoms with Crippen molar-refractivity contribution in [3.8, 4) is 5.75 Å². The molecule has 1 aromatic carbocycles. The number of ether oxygens (including phenoxy) is 1. The summed E-state index contributed by atoms with van der Waals surface area (Å²) in [7, 11) is 0. The smallest absolute Gasteiger partial charge is 0.277 e. The largest absolute Gasteiger partial charge is 0.482 e. The SMILES string of the molecule is O=C1c2c(OCc3ccccc3)c(=O)ccn2NCN1CCC1CCC1. The number of fused-ring (bicyclic) bond motifs is 1. The summed E-state index contributed by atoms with van der Waals surface area (Å²) in [5, 5.41) is 0. The lowest BCUT2D eigenvalue weighted by atomic mass is 9.83. The molecule has 1 aromatic heterocycles. The van der Waals surface area contributed by atoms with Gasteiger partial charge in [0.05, 0.1) is 0 Å². The van der Waals surface area contributed by atoms with Crippen molar-refractivity contribution in [2.75, 3.05) is 18.6 Å². The zero-order valence-corrected chi connectivity index (χ0v) is 14.7. The quantitative estimate of drug-likeness (QED) is 0.867. The van der Waals surface area contributed by atoms with Crippen molar-refractivity contribution < 1.29 is 9.53 Å². The monoisotopic (exact) mass is 353 g/mol. The highest BCUT2D eigenvalue weighted by Crippen LogP contribution is 2.30. The highest BCUT2D eigenvalue weighted by Gasteiger charge is 2.30. The molecule has 2 heterocycles. The molecule has 1 amide bonds. The lowest BCUT2D eigenvalue weighted by Gasteiger charge is -2.34. The van der Waals surface area contributed by atoms with Crippen LogP contribution < -0.4 is 15.6 Å². The highest BCUT2D eigenvalue weighted by atomic mass is 16.5.